The molecule has 1 saturated heterocycles. The minimum absolute atomic E-state index is 0.161. The summed E-state index contributed by atoms with van der Waals surface area (Å²) in [4.78, 5) is 0. The van der Waals surface area contributed by atoms with Crippen LogP contribution in [-0.4, -0.2) is 29.4 Å². The molecule has 0 aliphatic carbocycles. The number of halogens is 1. The predicted octanol–water partition coefficient (Wildman–Crippen LogP) is 3.69. The Labute approximate surface area is 139 Å². The fraction of sp³-hybridized carbons (Fsp3) is 0.222. The number of fused-ring (bicyclic) bond motifs is 1. The number of ether oxygens (including phenoxy) is 1. The van der Waals surface area contributed by atoms with Crippen molar-refractivity contribution in [3.8, 4) is 17.1 Å². The summed E-state index contributed by atoms with van der Waals surface area (Å²) in [6, 6.07) is 15.7. The highest BCUT2D eigenvalue weighted by atomic mass is 35.5. The van der Waals surface area contributed by atoms with Crippen LogP contribution in [0.4, 0.5) is 0 Å². The van der Waals surface area contributed by atoms with Gasteiger partial charge in [-0.1, -0.05) is 41.9 Å². The lowest BCUT2D eigenvalue weighted by atomic mass is 10.1. The highest BCUT2D eigenvalue weighted by Gasteiger charge is 2.19. The average molecular weight is 326 g/mol. The number of hydrogen-bond donors (Lipinski definition) is 1. The molecule has 2 aromatic carbocycles. The Kier molecular flexibility index (Phi) is 3.85. The summed E-state index contributed by atoms with van der Waals surface area (Å²) >= 11 is 5.98. The molecule has 1 aromatic heterocycles. The maximum atomic E-state index is 6.04. The van der Waals surface area contributed by atoms with Crippen molar-refractivity contribution >= 4 is 22.4 Å². The van der Waals surface area contributed by atoms with E-state index < -0.39 is 0 Å². The molecule has 2 heterocycles. The second kappa shape index (κ2) is 6.14. The zero-order valence-electron chi connectivity index (χ0n) is 12.5. The summed E-state index contributed by atoms with van der Waals surface area (Å²) in [6.45, 7) is 1.84. The number of nitrogens with one attached hydrogen (secondary N) is 1. The highest BCUT2D eigenvalue weighted by molar-refractivity contribution is 6.30. The molecule has 1 aliphatic rings. The molecule has 0 spiro atoms. The van der Waals surface area contributed by atoms with E-state index in [1.165, 1.54) is 0 Å². The Bertz CT molecular complexity index is 829. The molecule has 5 heteroatoms. The van der Waals surface area contributed by atoms with Gasteiger partial charge in [0.25, 0.3) is 0 Å². The van der Waals surface area contributed by atoms with Crippen molar-refractivity contribution < 1.29 is 4.74 Å². The predicted molar refractivity (Wildman–Crippen MR) is 91.9 cm³/mol. The summed E-state index contributed by atoms with van der Waals surface area (Å²) in [5, 5.41) is 14.8. The molecule has 1 unspecified atom stereocenters. The van der Waals surface area contributed by atoms with Gasteiger partial charge in [-0.15, -0.1) is 10.2 Å². The van der Waals surface area contributed by atoms with Crippen molar-refractivity contribution in [2.24, 2.45) is 0 Å². The van der Waals surface area contributed by atoms with E-state index in [2.05, 4.69) is 15.5 Å². The van der Waals surface area contributed by atoms with Crippen molar-refractivity contribution in [3.05, 3.63) is 53.6 Å². The normalized spacial score (nSPS) is 17.5. The lowest BCUT2D eigenvalue weighted by Gasteiger charge is -2.14. The molecule has 1 N–H and O–H groups in total. The first-order chi connectivity index (χ1) is 11.3. The lowest BCUT2D eigenvalue weighted by molar-refractivity contribution is 0.215. The number of nitrogens with zero attached hydrogens (tertiary/aromatic N) is 2. The van der Waals surface area contributed by atoms with E-state index in [4.69, 9.17) is 16.3 Å². The number of rotatable bonds is 3. The van der Waals surface area contributed by atoms with Gasteiger partial charge in [0, 0.05) is 27.9 Å². The van der Waals surface area contributed by atoms with E-state index in [0.717, 1.165) is 41.5 Å². The summed E-state index contributed by atoms with van der Waals surface area (Å²) in [5.74, 6) is 0.604. The van der Waals surface area contributed by atoms with E-state index in [0.29, 0.717) is 10.9 Å². The summed E-state index contributed by atoms with van der Waals surface area (Å²) in [6.07, 6.45) is 1.16. The molecule has 0 bridgehead atoms. The van der Waals surface area contributed by atoms with Crippen LogP contribution in [0.5, 0.6) is 5.88 Å². The van der Waals surface area contributed by atoms with Crippen LogP contribution < -0.4 is 10.1 Å². The molecule has 1 aliphatic heterocycles. The van der Waals surface area contributed by atoms with Crippen molar-refractivity contribution in [2.45, 2.75) is 12.5 Å². The van der Waals surface area contributed by atoms with Crippen molar-refractivity contribution in [3.63, 3.8) is 0 Å². The first-order valence-corrected chi connectivity index (χ1v) is 8.08. The quantitative estimate of drug-likeness (QED) is 0.797. The monoisotopic (exact) mass is 325 g/mol. The standard InChI is InChI=1S/C18H16ClN3O/c19-13-7-5-12(6-8-13)17-15-3-1-2-4-16(15)18(22-21-17)23-14-9-10-20-11-14/h1-8,14,20H,9-11H2. The van der Waals surface area contributed by atoms with Crippen molar-refractivity contribution in [1.29, 1.82) is 0 Å². The first-order valence-electron chi connectivity index (χ1n) is 7.70. The minimum atomic E-state index is 0.161. The average Bonchev–Trinajstić information content (AvgIpc) is 3.09. The highest BCUT2D eigenvalue weighted by Crippen LogP contribution is 2.31. The Hall–Kier alpha value is -2.17. The Morgan fingerprint density at radius 1 is 1.00 bits per heavy atom. The molecule has 23 heavy (non-hydrogen) atoms. The third-order valence-electron chi connectivity index (χ3n) is 4.06. The molecule has 1 fully saturated rings. The smallest absolute Gasteiger partial charge is 0.241 e. The van der Waals surface area contributed by atoms with Gasteiger partial charge in [0.2, 0.25) is 5.88 Å². The third kappa shape index (κ3) is 2.87. The van der Waals surface area contributed by atoms with Gasteiger partial charge in [-0.3, -0.25) is 0 Å². The van der Waals surface area contributed by atoms with Gasteiger partial charge in [-0.2, -0.15) is 0 Å². The molecule has 4 nitrogen and oxygen atoms in total. The first kappa shape index (κ1) is 14.4. The SMILES string of the molecule is Clc1ccc(-c2nnc(OC3CCNC3)c3ccccc23)cc1. The van der Waals surface area contributed by atoms with E-state index in [-0.39, 0.29) is 6.10 Å². The summed E-state index contributed by atoms with van der Waals surface area (Å²) in [5.41, 5.74) is 1.83. The van der Waals surface area contributed by atoms with Gasteiger partial charge in [0.1, 0.15) is 11.8 Å². The second-order valence-electron chi connectivity index (χ2n) is 5.64. The van der Waals surface area contributed by atoms with Gasteiger partial charge < -0.3 is 10.1 Å². The molecule has 3 aromatic rings. The van der Waals surface area contributed by atoms with E-state index in [1.807, 2.05) is 48.5 Å². The van der Waals surface area contributed by atoms with Crippen LogP contribution in [0.25, 0.3) is 22.0 Å². The third-order valence-corrected chi connectivity index (χ3v) is 4.32. The van der Waals surface area contributed by atoms with Gasteiger partial charge in [0.05, 0.1) is 0 Å². The molecular weight excluding hydrogens is 310 g/mol. The van der Waals surface area contributed by atoms with Gasteiger partial charge in [-0.25, -0.2) is 0 Å². The Balaban J connectivity index is 1.79. The zero-order valence-corrected chi connectivity index (χ0v) is 13.3. The molecule has 0 saturated carbocycles. The molecule has 4 rings (SSSR count). The fourth-order valence-corrected chi connectivity index (χ4v) is 3.00. The lowest BCUT2D eigenvalue weighted by Crippen LogP contribution is -2.20. The minimum Gasteiger partial charge on any atom is -0.471 e. The molecule has 116 valence electrons. The van der Waals surface area contributed by atoms with Crippen LogP contribution in [0.3, 0.4) is 0 Å². The number of hydrogen-bond acceptors (Lipinski definition) is 4. The van der Waals surface area contributed by atoms with E-state index in [1.54, 1.807) is 0 Å². The van der Waals surface area contributed by atoms with E-state index >= 15 is 0 Å². The van der Waals surface area contributed by atoms with Gasteiger partial charge in [-0.05, 0) is 31.2 Å². The van der Waals surface area contributed by atoms with Crippen LogP contribution >= 0.6 is 11.6 Å². The van der Waals surface area contributed by atoms with Crippen LogP contribution in [-0.2, 0) is 0 Å². The molecule has 1 atom stereocenters. The Morgan fingerprint density at radius 3 is 2.52 bits per heavy atom. The zero-order chi connectivity index (χ0) is 15.6. The van der Waals surface area contributed by atoms with Crippen LogP contribution in [0, 0.1) is 0 Å². The fourth-order valence-electron chi connectivity index (χ4n) is 2.87. The molecule has 0 amide bonds. The maximum Gasteiger partial charge on any atom is 0.241 e. The number of benzene rings is 2. The van der Waals surface area contributed by atoms with Crippen LogP contribution in [0.1, 0.15) is 6.42 Å². The molecule has 0 radical (unpaired) electrons. The summed E-state index contributed by atoms with van der Waals surface area (Å²) in [7, 11) is 0. The van der Waals surface area contributed by atoms with Crippen LogP contribution in [0.15, 0.2) is 48.5 Å². The van der Waals surface area contributed by atoms with Crippen molar-refractivity contribution in [2.75, 3.05) is 13.1 Å². The topological polar surface area (TPSA) is 47.0 Å². The van der Waals surface area contributed by atoms with Gasteiger partial charge in [0.15, 0.2) is 0 Å². The number of aromatic nitrogens is 2. The molecular formula is C18H16ClN3O. The van der Waals surface area contributed by atoms with Crippen LogP contribution in [0.2, 0.25) is 5.02 Å². The van der Waals surface area contributed by atoms with Crippen molar-refractivity contribution in [1.82, 2.24) is 15.5 Å². The largest absolute Gasteiger partial charge is 0.471 e. The summed E-state index contributed by atoms with van der Waals surface area (Å²) < 4.78 is 6.04. The second-order valence-corrected chi connectivity index (χ2v) is 6.08. The van der Waals surface area contributed by atoms with Gasteiger partial charge >= 0.3 is 0 Å². The Morgan fingerprint density at radius 2 is 1.78 bits per heavy atom. The maximum absolute atomic E-state index is 6.04. The van der Waals surface area contributed by atoms with E-state index in [9.17, 15) is 0 Å².